The first-order valence-electron chi connectivity index (χ1n) is 11.0. The van der Waals surface area contributed by atoms with Gasteiger partial charge in [0.15, 0.2) is 0 Å². The predicted molar refractivity (Wildman–Crippen MR) is 129 cm³/mol. The molecule has 9 nitrogen and oxygen atoms in total. The van der Waals surface area contributed by atoms with Crippen LogP contribution in [0.2, 0.25) is 5.02 Å². The number of aromatic nitrogens is 4. The number of aryl methyl sites for hydroxylation is 1. The van der Waals surface area contributed by atoms with Gasteiger partial charge in [0.05, 0.1) is 16.6 Å². The van der Waals surface area contributed by atoms with Crippen molar-refractivity contribution in [1.29, 1.82) is 0 Å². The second-order valence-electron chi connectivity index (χ2n) is 9.29. The number of nitrogens with one attached hydrogen (secondary N) is 1. The van der Waals surface area contributed by atoms with Crippen LogP contribution < -0.4 is 16.8 Å². The van der Waals surface area contributed by atoms with Gasteiger partial charge in [0.25, 0.3) is 5.91 Å². The van der Waals surface area contributed by atoms with Gasteiger partial charge in [0.1, 0.15) is 17.5 Å². The smallest absolute Gasteiger partial charge is 0.258 e. The van der Waals surface area contributed by atoms with E-state index in [1.807, 2.05) is 11.6 Å². The number of anilines is 3. The maximum Gasteiger partial charge on any atom is 0.258 e. The van der Waals surface area contributed by atoms with E-state index in [2.05, 4.69) is 20.4 Å². The number of nitrogens with zero attached hydrogens (tertiary/aromatic N) is 5. The molecule has 1 aliphatic heterocycles. The Hall–Kier alpha value is -3.40. The SMILES string of the molecule is Cc1nc(N)nn1[C@H]1CC[C@@]2(CNc3ncc(-c4ccc(N)c(C(=O)N(C)C)c4F)c(Cl)c32)C1. The number of amides is 1. The zero-order chi connectivity index (χ0) is 24.4. The van der Waals surface area contributed by atoms with Crippen molar-refractivity contribution in [2.75, 3.05) is 37.4 Å². The Morgan fingerprint density at radius 1 is 1.32 bits per heavy atom. The third-order valence-electron chi connectivity index (χ3n) is 6.97. The normalized spacial score (nSPS) is 21.0. The number of pyridine rings is 1. The van der Waals surface area contributed by atoms with E-state index in [1.54, 1.807) is 26.4 Å². The molecule has 2 aliphatic rings. The second kappa shape index (κ2) is 7.83. The summed E-state index contributed by atoms with van der Waals surface area (Å²) >= 11 is 6.97. The van der Waals surface area contributed by atoms with Crippen LogP contribution in [0.4, 0.5) is 21.8 Å². The molecular formula is C23H26ClFN8O. The van der Waals surface area contributed by atoms with Crippen LogP contribution in [0.3, 0.4) is 0 Å². The highest BCUT2D eigenvalue weighted by atomic mass is 35.5. The summed E-state index contributed by atoms with van der Waals surface area (Å²) in [5, 5.41) is 8.17. The molecule has 5 N–H and O–H groups in total. The van der Waals surface area contributed by atoms with E-state index in [-0.39, 0.29) is 34.2 Å². The molecule has 11 heteroatoms. The summed E-state index contributed by atoms with van der Waals surface area (Å²) < 4.78 is 17.5. The summed E-state index contributed by atoms with van der Waals surface area (Å²) in [6, 6.07) is 3.19. The van der Waals surface area contributed by atoms with Gasteiger partial charge < -0.3 is 21.7 Å². The van der Waals surface area contributed by atoms with Crippen LogP contribution in [0.5, 0.6) is 0 Å². The number of benzene rings is 1. The van der Waals surface area contributed by atoms with Gasteiger partial charge in [-0.15, -0.1) is 5.10 Å². The van der Waals surface area contributed by atoms with Crippen LogP contribution in [-0.4, -0.2) is 51.2 Å². The molecule has 2 aromatic heterocycles. The molecule has 3 aromatic rings. The van der Waals surface area contributed by atoms with Crippen molar-refractivity contribution in [2.24, 2.45) is 0 Å². The van der Waals surface area contributed by atoms with Crippen molar-refractivity contribution in [3.8, 4) is 11.1 Å². The zero-order valence-corrected chi connectivity index (χ0v) is 19.9. The second-order valence-corrected chi connectivity index (χ2v) is 9.67. The lowest BCUT2D eigenvalue weighted by atomic mass is 9.80. The molecule has 1 aromatic carbocycles. The van der Waals surface area contributed by atoms with Gasteiger partial charge in [0.2, 0.25) is 5.95 Å². The first-order chi connectivity index (χ1) is 16.1. The van der Waals surface area contributed by atoms with Crippen molar-refractivity contribution in [1.82, 2.24) is 24.6 Å². The van der Waals surface area contributed by atoms with Gasteiger partial charge in [-0.2, -0.15) is 4.98 Å². The topological polar surface area (TPSA) is 128 Å². The van der Waals surface area contributed by atoms with E-state index < -0.39 is 11.7 Å². The lowest BCUT2D eigenvalue weighted by Crippen LogP contribution is -2.26. The lowest BCUT2D eigenvalue weighted by molar-refractivity contribution is 0.0824. The van der Waals surface area contributed by atoms with Gasteiger partial charge >= 0.3 is 0 Å². The fourth-order valence-electron chi connectivity index (χ4n) is 5.34. The van der Waals surface area contributed by atoms with Crippen LogP contribution in [0.15, 0.2) is 18.3 Å². The van der Waals surface area contributed by atoms with E-state index in [0.717, 1.165) is 30.7 Å². The average Bonchev–Trinajstić information content (AvgIpc) is 3.47. The van der Waals surface area contributed by atoms with Crippen molar-refractivity contribution >= 4 is 35.0 Å². The zero-order valence-electron chi connectivity index (χ0n) is 19.2. The number of rotatable bonds is 3. The molecule has 34 heavy (non-hydrogen) atoms. The minimum atomic E-state index is -0.708. The van der Waals surface area contributed by atoms with Crippen molar-refractivity contribution < 1.29 is 9.18 Å². The summed E-state index contributed by atoms with van der Waals surface area (Å²) in [5.74, 6) is 0.504. The number of halogens is 2. The Morgan fingerprint density at radius 2 is 2.09 bits per heavy atom. The maximum atomic E-state index is 15.6. The summed E-state index contributed by atoms with van der Waals surface area (Å²) in [6.07, 6.45) is 4.05. The van der Waals surface area contributed by atoms with E-state index in [0.29, 0.717) is 22.9 Å². The Morgan fingerprint density at radius 3 is 2.76 bits per heavy atom. The van der Waals surface area contributed by atoms with Crippen molar-refractivity contribution in [3.63, 3.8) is 0 Å². The highest BCUT2D eigenvalue weighted by molar-refractivity contribution is 6.34. The van der Waals surface area contributed by atoms with E-state index in [4.69, 9.17) is 23.1 Å². The number of hydrogen-bond acceptors (Lipinski definition) is 7. The van der Waals surface area contributed by atoms with Crippen molar-refractivity contribution in [3.05, 3.63) is 46.1 Å². The van der Waals surface area contributed by atoms with Gasteiger partial charge in [-0.25, -0.2) is 14.1 Å². The van der Waals surface area contributed by atoms with E-state index >= 15 is 4.39 Å². The molecule has 0 saturated heterocycles. The van der Waals surface area contributed by atoms with Crippen LogP contribution in [0.1, 0.15) is 47.1 Å². The molecule has 1 fully saturated rings. The number of nitrogen functional groups attached to an aromatic ring is 2. The lowest BCUT2D eigenvalue weighted by Gasteiger charge is -2.25. The molecular weight excluding hydrogens is 459 g/mol. The number of carbonyl (C=O) groups is 1. The Balaban J connectivity index is 1.58. The van der Waals surface area contributed by atoms with Gasteiger partial charge in [-0.3, -0.25) is 4.79 Å². The van der Waals surface area contributed by atoms with Crippen LogP contribution in [0.25, 0.3) is 11.1 Å². The highest BCUT2D eigenvalue weighted by Gasteiger charge is 2.48. The quantitative estimate of drug-likeness (QED) is 0.486. The number of carbonyl (C=O) groups excluding carboxylic acids is 1. The standard InChI is InChI=1S/C23H26ClFN8O/c1-11-30-22(27)31-33(11)12-6-7-23(8-12)10-29-20-17(23)18(24)14(9-28-20)13-4-5-15(26)16(19(13)25)21(34)32(2)3/h4-5,9,12H,6-8,10,26H2,1-3H3,(H2,27,31)(H,28,29)/t12-,23-/m0/s1. The monoisotopic (exact) mass is 484 g/mol. The maximum absolute atomic E-state index is 15.6. The largest absolute Gasteiger partial charge is 0.398 e. The molecule has 0 bridgehead atoms. The van der Waals surface area contributed by atoms with Crippen LogP contribution in [0, 0.1) is 12.7 Å². The van der Waals surface area contributed by atoms with E-state index in [9.17, 15) is 4.79 Å². The Kier molecular flexibility index (Phi) is 5.16. The molecule has 0 unspecified atom stereocenters. The molecule has 178 valence electrons. The molecule has 1 saturated carbocycles. The average molecular weight is 485 g/mol. The predicted octanol–water partition coefficient (Wildman–Crippen LogP) is 3.40. The molecule has 2 atom stereocenters. The van der Waals surface area contributed by atoms with Gasteiger partial charge in [-0.05, 0) is 38.3 Å². The first kappa shape index (κ1) is 22.4. The number of nitrogens with two attached hydrogens (primary N) is 2. The van der Waals surface area contributed by atoms with Gasteiger partial charge in [-0.1, -0.05) is 11.6 Å². The summed E-state index contributed by atoms with van der Waals surface area (Å²) in [6.45, 7) is 2.56. The summed E-state index contributed by atoms with van der Waals surface area (Å²) in [5.41, 5.74) is 12.9. The molecule has 1 aliphatic carbocycles. The molecule has 5 rings (SSSR count). The molecule has 1 spiro atoms. The molecule has 0 radical (unpaired) electrons. The Bertz CT molecular complexity index is 1320. The molecule has 3 heterocycles. The van der Waals surface area contributed by atoms with Gasteiger partial charge in [0, 0.05) is 54.6 Å². The number of hydrogen-bond donors (Lipinski definition) is 3. The Labute approximate surface area is 201 Å². The van der Waals surface area contributed by atoms with Crippen molar-refractivity contribution in [2.45, 2.75) is 37.6 Å². The summed E-state index contributed by atoms with van der Waals surface area (Å²) in [4.78, 5) is 22.7. The highest BCUT2D eigenvalue weighted by Crippen LogP contribution is 2.54. The first-order valence-corrected chi connectivity index (χ1v) is 11.4. The van der Waals surface area contributed by atoms with E-state index in [1.165, 1.54) is 11.0 Å². The van der Waals surface area contributed by atoms with Crippen LogP contribution >= 0.6 is 11.6 Å². The fraction of sp³-hybridized carbons (Fsp3) is 0.391. The molecule has 1 amide bonds. The minimum Gasteiger partial charge on any atom is -0.398 e. The fourth-order valence-corrected chi connectivity index (χ4v) is 5.78. The van der Waals surface area contributed by atoms with Crippen LogP contribution in [-0.2, 0) is 5.41 Å². The minimum absolute atomic E-state index is 0.0736. The summed E-state index contributed by atoms with van der Waals surface area (Å²) in [7, 11) is 3.10. The number of fused-ring (bicyclic) bond motifs is 2. The third kappa shape index (κ3) is 3.27. The third-order valence-corrected chi connectivity index (χ3v) is 7.36.